The molecule has 3 rings (SSSR count). The maximum atomic E-state index is 13.3. The van der Waals surface area contributed by atoms with E-state index in [1.54, 1.807) is 13.8 Å². The Bertz CT molecular complexity index is 1370. The highest BCUT2D eigenvalue weighted by Gasteiger charge is 2.29. The van der Waals surface area contributed by atoms with Gasteiger partial charge in [0, 0.05) is 43.3 Å². The molecule has 0 aliphatic heterocycles. The van der Waals surface area contributed by atoms with E-state index in [1.165, 1.54) is 25.8 Å². The third-order valence-corrected chi connectivity index (χ3v) is 6.83. The maximum Gasteiger partial charge on any atom is 0.337 e. The van der Waals surface area contributed by atoms with Crippen molar-refractivity contribution in [3.8, 4) is 0 Å². The predicted molar refractivity (Wildman–Crippen MR) is 125 cm³/mol. The largest absolute Gasteiger partial charge is 0.478 e. The van der Waals surface area contributed by atoms with Crippen molar-refractivity contribution < 1.29 is 19.5 Å². The molecule has 3 aromatic heterocycles. The summed E-state index contributed by atoms with van der Waals surface area (Å²) >= 11 is 1.16. The molecule has 0 saturated carbocycles. The van der Waals surface area contributed by atoms with Crippen LogP contribution in [0.5, 0.6) is 0 Å². The number of aromatic nitrogens is 3. The van der Waals surface area contributed by atoms with Crippen LogP contribution >= 0.6 is 11.3 Å². The summed E-state index contributed by atoms with van der Waals surface area (Å²) in [6.07, 6.45) is 0.106. The van der Waals surface area contributed by atoms with Crippen LogP contribution in [-0.4, -0.2) is 50.3 Å². The topological polar surface area (TPSA) is 127 Å². The maximum absolute atomic E-state index is 13.3. The first-order chi connectivity index (χ1) is 15.4. The number of carbonyl (C=O) groups excluding carboxylic acids is 1. The van der Waals surface area contributed by atoms with Gasteiger partial charge in [0.25, 0.3) is 11.5 Å². The van der Waals surface area contributed by atoms with Crippen LogP contribution in [0.25, 0.3) is 10.2 Å². The molecule has 0 radical (unpaired) electrons. The summed E-state index contributed by atoms with van der Waals surface area (Å²) in [5.41, 5.74) is 0.899. The van der Waals surface area contributed by atoms with Crippen molar-refractivity contribution in [2.75, 3.05) is 14.2 Å². The van der Waals surface area contributed by atoms with E-state index in [0.717, 1.165) is 21.0 Å². The zero-order valence-corrected chi connectivity index (χ0v) is 20.5. The molecule has 33 heavy (non-hydrogen) atoms. The molecule has 0 atom stereocenters. The first kappa shape index (κ1) is 24.5. The van der Waals surface area contributed by atoms with Crippen LogP contribution in [0.15, 0.2) is 9.59 Å². The van der Waals surface area contributed by atoms with Gasteiger partial charge < -0.3 is 10.1 Å². The molecular formula is C22H28N4O6S. The summed E-state index contributed by atoms with van der Waals surface area (Å²) in [4.78, 5) is 60.3. The molecule has 178 valence electrons. The van der Waals surface area contributed by atoms with Crippen LogP contribution in [0.1, 0.15) is 56.4 Å². The molecule has 2 N–H and O–H groups in total. The Kier molecular flexibility index (Phi) is 6.66. The van der Waals surface area contributed by atoms with Gasteiger partial charge in [0.15, 0.2) is 0 Å². The highest BCUT2D eigenvalue weighted by atomic mass is 32.1. The average Bonchev–Trinajstić information content (AvgIpc) is 3.25. The average molecular weight is 477 g/mol. The van der Waals surface area contributed by atoms with E-state index in [-0.39, 0.29) is 28.9 Å². The monoisotopic (exact) mass is 476 g/mol. The molecule has 0 saturated heterocycles. The second kappa shape index (κ2) is 8.99. The lowest BCUT2D eigenvalue weighted by Gasteiger charge is -2.15. The first-order valence-corrected chi connectivity index (χ1v) is 11.2. The highest BCUT2D eigenvalue weighted by molar-refractivity contribution is 7.19. The number of thiophene rings is 1. The van der Waals surface area contributed by atoms with E-state index in [9.17, 15) is 24.3 Å². The number of H-pyrrole nitrogens is 1. The Morgan fingerprint density at radius 1 is 1.18 bits per heavy atom. The lowest BCUT2D eigenvalue weighted by atomic mass is 10.0. The second-order valence-corrected chi connectivity index (χ2v) is 9.51. The molecule has 3 aromatic rings. The van der Waals surface area contributed by atoms with Gasteiger partial charge in [-0.1, -0.05) is 13.8 Å². The number of nitrogens with one attached hydrogen (secondary N) is 1. The first-order valence-electron chi connectivity index (χ1n) is 10.4. The van der Waals surface area contributed by atoms with Gasteiger partial charge in [-0.2, -0.15) is 0 Å². The van der Waals surface area contributed by atoms with Crippen LogP contribution in [0, 0.1) is 19.8 Å². The molecule has 0 bridgehead atoms. The van der Waals surface area contributed by atoms with Crippen LogP contribution < -0.4 is 11.2 Å². The molecule has 0 fully saturated rings. The van der Waals surface area contributed by atoms with Gasteiger partial charge >= 0.3 is 11.7 Å². The minimum absolute atomic E-state index is 0.106. The van der Waals surface area contributed by atoms with Gasteiger partial charge in [-0.25, -0.2) is 14.7 Å². The molecule has 0 aromatic carbocycles. The lowest BCUT2D eigenvalue weighted by molar-refractivity contribution is -0.0756. The number of hydroxylamine groups is 2. The van der Waals surface area contributed by atoms with Gasteiger partial charge in [-0.3, -0.25) is 23.6 Å². The van der Waals surface area contributed by atoms with Crippen LogP contribution in [0.4, 0.5) is 0 Å². The highest BCUT2D eigenvalue weighted by Crippen LogP contribution is 2.34. The van der Waals surface area contributed by atoms with E-state index < -0.39 is 23.1 Å². The number of fused-ring (bicyclic) bond motifs is 1. The predicted octanol–water partition coefficient (Wildman–Crippen LogP) is 2.29. The standard InChI is InChI=1S/C22H28N4O6S/c1-10(2)9-26-20-17(18(27)24(5)22(26)31)16(19(28)25(6)32-7)14(33-20)8-13-11(3)23-12(4)15(13)21(29)30/h10,23H,8-9H2,1-7H3,(H,29,30). The number of aromatic carboxylic acids is 1. The molecule has 0 aliphatic rings. The van der Waals surface area contributed by atoms with Crippen molar-refractivity contribution in [2.24, 2.45) is 13.0 Å². The Morgan fingerprint density at radius 2 is 1.82 bits per heavy atom. The van der Waals surface area contributed by atoms with Gasteiger partial charge in [0.1, 0.15) is 4.83 Å². The number of aryl methyl sites for hydroxylation is 2. The fourth-order valence-corrected chi connectivity index (χ4v) is 5.29. The molecule has 0 unspecified atom stereocenters. The fraction of sp³-hybridized carbons (Fsp3) is 0.455. The summed E-state index contributed by atoms with van der Waals surface area (Å²) in [5.74, 6) is -1.52. The van der Waals surface area contributed by atoms with Gasteiger partial charge in [-0.15, -0.1) is 11.3 Å². The van der Waals surface area contributed by atoms with Crippen molar-refractivity contribution in [3.05, 3.63) is 53.8 Å². The summed E-state index contributed by atoms with van der Waals surface area (Å²) < 4.78 is 2.51. The van der Waals surface area contributed by atoms with E-state index in [4.69, 9.17) is 4.84 Å². The smallest absolute Gasteiger partial charge is 0.337 e. The molecule has 0 spiro atoms. The van der Waals surface area contributed by atoms with Gasteiger partial charge in [0.2, 0.25) is 0 Å². The molecule has 11 heteroatoms. The molecule has 3 heterocycles. The second-order valence-electron chi connectivity index (χ2n) is 8.43. The van der Waals surface area contributed by atoms with Crippen LogP contribution in [-0.2, 0) is 24.9 Å². The van der Waals surface area contributed by atoms with Crippen LogP contribution in [0.3, 0.4) is 0 Å². The zero-order valence-electron chi connectivity index (χ0n) is 19.7. The Morgan fingerprint density at radius 3 is 2.36 bits per heavy atom. The number of aromatic amines is 1. The Labute approximate surface area is 194 Å². The third kappa shape index (κ3) is 4.13. The van der Waals surface area contributed by atoms with E-state index in [2.05, 4.69) is 4.98 Å². The number of rotatable bonds is 7. The van der Waals surface area contributed by atoms with E-state index in [1.807, 2.05) is 13.8 Å². The fourth-order valence-electron chi connectivity index (χ4n) is 4.00. The number of carboxylic acid groups (broad SMARTS) is 1. The number of nitrogens with zero attached hydrogens (tertiary/aromatic N) is 3. The number of hydrogen-bond donors (Lipinski definition) is 2. The molecule has 1 amide bonds. The van der Waals surface area contributed by atoms with Crippen LogP contribution in [0.2, 0.25) is 0 Å². The SMILES string of the molecule is CON(C)C(=O)c1c(Cc2c(C)[nH]c(C)c2C(=O)O)sc2c1c(=O)n(C)c(=O)n2CC(C)C. The summed E-state index contributed by atoms with van der Waals surface area (Å²) in [6, 6.07) is 0. The minimum atomic E-state index is -1.08. The molecule has 0 aliphatic carbocycles. The van der Waals surface area contributed by atoms with Crippen molar-refractivity contribution >= 4 is 33.4 Å². The van der Waals surface area contributed by atoms with Gasteiger partial charge in [-0.05, 0) is 25.3 Å². The quantitative estimate of drug-likeness (QED) is 0.504. The number of carbonyl (C=O) groups is 2. The number of amides is 1. The van der Waals surface area contributed by atoms with Gasteiger partial charge in [0.05, 0.1) is 23.6 Å². The Balaban J connectivity index is 2.42. The summed E-state index contributed by atoms with van der Waals surface area (Å²) in [6.45, 7) is 7.70. The van der Waals surface area contributed by atoms with Crippen molar-refractivity contribution in [2.45, 2.75) is 40.7 Å². The zero-order chi connectivity index (χ0) is 24.8. The number of hydrogen-bond acceptors (Lipinski definition) is 6. The van der Waals surface area contributed by atoms with E-state index in [0.29, 0.717) is 33.2 Å². The molecular weight excluding hydrogens is 448 g/mol. The van der Waals surface area contributed by atoms with Crippen molar-refractivity contribution in [1.82, 2.24) is 19.2 Å². The molecule has 10 nitrogen and oxygen atoms in total. The lowest BCUT2D eigenvalue weighted by Crippen LogP contribution is -2.39. The van der Waals surface area contributed by atoms with E-state index >= 15 is 0 Å². The summed E-state index contributed by atoms with van der Waals surface area (Å²) in [7, 11) is 4.15. The minimum Gasteiger partial charge on any atom is -0.478 e. The number of carboxylic acids is 1. The Hall–Kier alpha value is -3.18. The summed E-state index contributed by atoms with van der Waals surface area (Å²) in [5, 5.41) is 10.9. The van der Waals surface area contributed by atoms with Crippen molar-refractivity contribution in [1.29, 1.82) is 0 Å². The normalized spacial score (nSPS) is 11.5. The van der Waals surface area contributed by atoms with Crippen molar-refractivity contribution in [3.63, 3.8) is 0 Å². The third-order valence-electron chi connectivity index (χ3n) is 5.62.